The molecule has 3 aromatic carbocycles. The molecule has 6 atom stereocenters. The van der Waals surface area contributed by atoms with Gasteiger partial charge in [-0.2, -0.15) is 0 Å². The van der Waals surface area contributed by atoms with E-state index in [1.807, 2.05) is 43.7 Å². The summed E-state index contributed by atoms with van der Waals surface area (Å²) in [6.07, 6.45) is 7.82. The molecule has 2 aliphatic carbocycles. The van der Waals surface area contributed by atoms with Gasteiger partial charge in [-0.25, -0.2) is 14.6 Å². The van der Waals surface area contributed by atoms with Crippen molar-refractivity contribution in [3.05, 3.63) is 66.6 Å². The van der Waals surface area contributed by atoms with Crippen LogP contribution in [0.5, 0.6) is 0 Å². The van der Waals surface area contributed by atoms with Crippen LogP contribution in [0.15, 0.2) is 65.8 Å². The van der Waals surface area contributed by atoms with E-state index in [9.17, 15) is 14.4 Å². The van der Waals surface area contributed by atoms with Crippen molar-refractivity contribution in [2.45, 2.75) is 108 Å². The number of benzene rings is 3. The minimum Gasteiger partial charge on any atom is -0.453 e. The molecule has 2 unspecified atom stereocenters. The number of fused-ring (bicyclic) bond motifs is 6. The summed E-state index contributed by atoms with van der Waals surface area (Å²) in [5.41, 5.74) is 5.42. The quantitative estimate of drug-likeness (QED) is 0.156. The fourth-order valence-corrected chi connectivity index (χ4v) is 10.8. The largest absolute Gasteiger partial charge is 0.453 e. The van der Waals surface area contributed by atoms with Crippen LogP contribution in [0.25, 0.3) is 33.2 Å². The Morgan fingerprint density at radius 2 is 1.74 bits per heavy atom. The van der Waals surface area contributed by atoms with Crippen LogP contribution < -0.4 is 16.0 Å². The van der Waals surface area contributed by atoms with Crippen molar-refractivity contribution in [1.29, 1.82) is 0 Å². The number of amides is 3. The number of nitrogens with one attached hydrogen (secondary N) is 4. The zero-order valence-corrected chi connectivity index (χ0v) is 33.1. The number of hydrogen-bond acceptors (Lipinski definition) is 9. The Bertz CT molecular complexity index is 2370. The second kappa shape index (κ2) is 12.8. The summed E-state index contributed by atoms with van der Waals surface area (Å²) >= 11 is 0. The van der Waals surface area contributed by atoms with Gasteiger partial charge in [-0.15, -0.1) is 0 Å². The molecule has 6 aliphatic rings. The number of imidazole rings is 1. The lowest BCUT2D eigenvalue weighted by Gasteiger charge is -2.54. The summed E-state index contributed by atoms with van der Waals surface area (Å²) in [7, 11) is 1.30. The number of anilines is 1. The van der Waals surface area contributed by atoms with Crippen molar-refractivity contribution in [3.8, 4) is 22.4 Å². The summed E-state index contributed by atoms with van der Waals surface area (Å²) in [6, 6.07) is 18.4. The number of carbonyl (C=O) groups is 3. The number of H-pyrrole nitrogens is 1. The molecule has 2 spiro atoms. The molecule has 13 nitrogen and oxygen atoms in total. The van der Waals surface area contributed by atoms with E-state index in [-0.39, 0.29) is 30.0 Å². The number of hydrogen-bond donors (Lipinski definition) is 4. The number of aliphatic imine (C=N–C) groups is 1. The fourth-order valence-electron chi connectivity index (χ4n) is 10.8. The normalized spacial score (nSPS) is 28.5. The van der Waals surface area contributed by atoms with Gasteiger partial charge in [0.2, 0.25) is 5.91 Å². The number of rotatable bonds is 6. The van der Waals surface area contributed by atoms with Gasteiger partial charge in [0.15, 0.2) is 5.72 Å². The SMILES string of the molecule is COC(=O)N[C@H](C(=O)N1CCC[C@H]1c1ncc(-c2ccc3cc(-c4ccc5c(c4)NC4C(=N5)C45C[C@@H]4CCCC[C@@]46NC(C)(C)OC(=O)N56)ccc3c2)[nH]1)C(C)C. The smallest absolute Gasteiger partial charge is 0.413 e. The van der Waals surface area contributed by atoms with E-state index in [0.29, 0.717) is 12.5 Å². The van der Waals surface area contributed by atoms with Crippen LogP contribution in [0.1, 0.15) is 84.5 Å². The molecule has 5 fully saturated rings. The second-order valence-corrected chi connectivity index (χ2v) is 17.6. The molecule has 4 N–H and O–H groups in total. The molecule has 4 aliphatic heterocycles. The van der Waals surface area contributed by atoms with Crippen molar-refractivity contribution in [2.75, 3.05) is 19.0 Å². The number of cyclic esters (lactones) is 1. The first kappa shape index (κ1) is 35.9. The fraction of sp³-hybridized carbons (Fsp3) is 0.477. The first-order chi connectivity index (χ1) is 27.4. The molecular weight excluding hydrogens is 721 g/mol. The molecule has 0 radical (unpaired) electrons. The van der Waals surface area contributed by atoms with Crippen LogP contribution >= 0.6 is 0 Å². The molecule has 3 saturated heterocycles. The Morgan fingerprint density at radius 3 is 2.53 bits per heavy atom. The van der Waals surface area contributed by atoms with Gasteiger partial charge in [0, 0.05) is 12.1 Å². The van der Waals surface area contributed by atoms with Gasteiger partial charge < -0.3 is 30.0 Å². The van der Waals surface area contributed by atoms with E-state index in [1.54, 1.807) is 0 Å². The number of aromatic nitrogens is 2. The highest BCUT2D eigenvalue weighted by atomic mass is 16.6. The summed E-state index contributed by atoms with van der Waals surface area (Å²) in [5, 5.41) is 12.5. The van der Waals surface area contributed by atoms with Crippen LogP contribution in [0.4, 0.5) is 21.0 Å². The van der Waals surface area contributed by atoms with Crippen LogP contribution in [0, 0.1) is 11.8 Å². The van der Waals surface area contributed by atoms with Gasteiger partial charge in [-0.3, -0.25) is 20.0 Å². The first-order valence-electron chi connectivity index (χ1n) is 20.5. The molecular formula is C44H50N8O5. The zero-order valence-electron chi connectivity index (χ0n) is 33.1. The van der Waals surface area contributed by atoms with Crippen molar-refractivity contribution < 1.29 is 23.9 Å². The lowest BCUT2D eigenvalue weighted by atomic mass is 9.78. The molecule has 5 heterocycles. The predicted molar refractivity (Wildman–Crippen MR) is 217 cm³/mol. The van der Waals surface area contributed by atoms with Gasteiger partial charge in [-0.05, 0) is 110 Å². The number of carbonyl (C=O) groups excluding carboxylic acids is 3. The molecule has 2 saturated carbocycles. The summed E-state index contributed by atoms with van der Waals surface area (Å²) in [5.74, 6) is 0.868. The van der Waals surface area contributed by atoms with Crippen LogP contribution in [-0.2, 0) is 14.3 Å². The average molecular weight is 771 g/mol. The lowest BCUT2D eigenvalue weighted by molar-refractivity contribution is -0.135. The maximum atomic E-state index is 13.8. The number of aromatic amines is 1. The molecule has 10 rings (SSSR count). The third kappa shape index (κ3) is 5.55. The van der Waals surface area contributed by atoms with Gasteiger partial charge in [0.25, 0.3) is 0 Å². The summed E-state index contributed by atoms with van der Waals surface area (Å²) in [6.45, 7) is 8.34. The van der Waals surface area contributed by atoms with Crippen LogP contribution in [0.3, 0.4) is 0 Å². The predicted octanol–water partition coefficient (Wildman–Crippen LogP) is 7.63. The lowest BCUT2D eigenvalue weighted by Crippen LogP contribution is -2.74. The van der Waals surface area contributed by atoms with E-state index >= 15 is 0 Å². The maximum Gasteiger partial charge on any atom is 0.413 e. The highest BCUT2D eigenvalue weighted by Gasteiger charge is 2.79. The Balaban J connectivity index is 0.866. The highest BCUT2D eigenvalue weighted by molar-refractivity contribution is 6.22. The first-order valence-corrected chi connectivity index (χ1v) is 20.5. The van der Waals surface area contributed by atoms with Gasteiger partial charge >= 0.3 is 12.2 Å². The van der Waals surface area contributed by atoms with Crippen LogP contribution in [-0.4, -0.2) is 86.2 Å². The zero-order chi connectivity index (χ0) is 39.4. The van der Waals surface area contributed by atoms with Crippen molar-refractivity contribution in [1.82, 2.24) is 30.4 Å². The number of likely N-dealkylation sites (tertiary alicyclic amines) is 1. The molecule has 3 amide bonds. The minimum atomic E-state index is -0.711. The van der Waals surface area contributed by atoms with Crippen molar-refractivity contribution >= 4 is 46.0 Å². The molecule has 0 bridgehead atoms. The molecule has 1 aromatic heterocycles. The number of nitrogens with zero attached hydrogens (tertiary/aromatic N) is 4. The Morgan fingerprint density at radius 1 is 0.982 bits per heavy atom. The third-order valence-corrected chi connectivity index (χ3v) is 13.4. The number of alkyl carbamates (subject to hydrolysis) is 1. The van der Waals surface area contributed by atoms with Gasteiger partial charge in [-0.1, -0.05) is 50.6 Å². The third-order valence-electron chi connectivity index (χ3n) is 13.4. The van der Waals surface area contributed by atoms with Gasteiger partial charge in [0.05, 0.1) is 48.2 Å². The minimum absolute atomic E-state index is 0.0333. The Kier molecular flexibility index (Phi) is 8.07. The number of ether oxygens (including phenoxy) is 2. The van der Waals surface area contributed by atoms with Crippen LogP contribution in [0.2, 0.25) is 0 Å². The maximum absolute atomic E-state index is 13.8. The van der Waals surface area contributed by atoms with E-state index in [0.717, 1.165) is 94.6 Å². The highest BCUT2D eigenvalue weighted by Crippen LogP contribution is 2.63. The van der Waals surface area contributed by atoms with E-state index in [4.69, 9.17) is 19.5 Å². The Hall–Kier alpha value is -5.43. The molecule has 296 valence electrons. The van der Waals surface area contributed by atoms with Gasteiger partial charge in [0.1, 0.15) is 23.1 Å². The average Bonchev–Trinajstić information content (AvgIpc) is 3.67. The summed E-state index contributed by atoms with van der Waals surface area (Å²) < 4.78 is 10.7. The summed E-state index contributed by atoms with van der Waals surface area (Å²) in [4.78, 5) is 56.7. The van der Waals surface area contributed by atoms with Crippen molar-refractivity contribution in [2.24, 2.45) is 16.8 Å². The molecule has 13 heteroatoms. The Labute approximate surface area is 332 Å². The van der Waals surface area contributed by atoms with E-state index in [1.165, 1.54) is 13.5 Å². The monoisotopic (exact) mass is 770 g/mol. The second-order valence-electron chi connectivity index (χ2n) is 17.6. The molecule has 4 aromatic rings. The van der Waals surface area contributed by atoms with E-state index in [2.05, 4.69) is 75.5 Å². The molecule has 57 heavy (non-hydrogen) atoms. The van der Waals surface area contributed by atoms with E-state index < -0.39 is 29.1 Å². The topological polar surface area (TPSA) is 153 Å². The van der Waals surface area contributed by atoms with Crippen molar-refractivity contribution in [3.63, 3.8) is 0 Å². The number of methoxy groups -OCH3 is 1. The standard InChI is InChI=1S/C44H50N8O5/c1-24(2)35(49-40(54)56-5)39(53)51-18-8-10-34(51)38-45-23-33(48-38)29-14-13-25-19-26(11-12-27(25)20-29)28-15-16-31-32(21-28)47-37-36(46-31)43(37)22-30-9-6-7-17-44(30)50-42(3,4)57-41(55)52(43)44/h11-16,19-21,23-24,30,34-35,37,47,50H,6-10,17-18,22H2,1-5H3,(H,45,48)(H,49,54)/t30-,34-,35-,37?,43?,44-/m0/s1.